The number of hydrogen-bond acceptors (Lipinski definition) is 5. The van der Waals surface area contributed by atoms with E-state index in [1.165, 1.54) is 12.1 Å². The van der Waals surface area contributed by atoms with E-state index in [1.807, 2.05) is 24.3 Å². The van der Waals surface area contributed by atoms with E-state index in [9.17, 15) is 20.0 Å². The molecular formula is C26H21N2O4-. The van der Waals surface area contributed by atoms with Crippen molar-refractivity contribution in [3.05, 3.63) is 100 Å². The Morgan fingerprint density at radius 3 is 2.06 bits per heavy atom. The third-order valence-corrected chi connectivity index (χ3v) is 7.68. The summed E-state index contributed by atoms with van der Waals surface area (Å²) in [5.41, 5.74) is 3.78. The van der Waals surface area contributed by atoms with Gasteiger partial charge in [-0.3, -0.25) is 14.8 Å². The molecule has 0 radical (unpaired) electrons. The number of para-hydroxylation sites is 2. The normalized spacial score (nSPS) is 27.2. The lowest BCUT2D eigenvalue weighted by atomic mass is 9.46. The van der Waals surface area contributed by atoms with Crippen LogP contribution >= 0.6 is 0 Å². The van der Waals surface area contributed by atoms with Gasteiger partial charge in [0.05, 0.1) is 23.2 Å². The van der Waals surface area contributed by atoms with Crippen molar-refractivity contribution in [1.82, 2.24) is 0 Å². The number of carbonyl (C=O) groups is 2. The fourth-order valence-corrected chi connectivity index (χ4v) is 6.58. The van der Waals surface area contributed by atoms with Crippen LogP contribution < -0.4 is 10.1 Å². The van der Waals surface area contributed by atoms with Crippen LogP contribution in [0.1, 0.15) is 41.5 Å². The van der Waals surface area contributed by atoms with Crippen molar-refractivity contribution in [2.45, 2.75) is 24.7 Å². The van der Waals surface area contributed by atoms with Gasteiger partial charge in [-0.05, 0) is 40.8 Å². The largest absolute Gasteiger partial charge is 0.733 e. The van der Waals surface area contributed by atoms with E-state index in [2.05, 4.69) is 31.2 Å². The second-order valence-electron chi connectivity index (χ2n) is 8.75. The molecular weight excluding hydrogens is 404 g/mol. The minimum absolute atomic E-state index is 0.119. The monoisotopic (exact) mass is 425 g/mol. The number of rotatable bonds is 3. The summed E-state index contributed by atoms with van der Waals surface area (Å²) in [6, 6.07) is 22.4. The number of benzene rings is 3. The maximum atomic E-state index is 14.0. The minimum atomic E-state index is -0.626. The van der Waals surface area contributed by atoms with Crippen molar-refractivity contribution in [3.63, 3.8) is 0 Å². The molecule has 3 aromatic rings. The van der Waals surface area contributed by atoms with E-state index < -0.39 is 17.3 Å². The number of carbonyl (C=O) groups excluding carboxylic acids is 2. The summed E-state index contributed by atoms with van der Waals surface area (Å²) in [7, 11) is 0. The summed E-state index contributed by atoms with van der Waals surface area (Å²) in [4.78, 5) is 29.0. The molecule has 7 rings (SSSR count). The molecule has 1 aliphatic heterocycles. The number of imide groups is 1. The lowest BCUT2D eigenvalue weighted by molar-refractivity contribution is -0.123. The number of hydrogen-bond donors (Lipinski definition) is 1. The highest BCUT2D eigenvalue weighted by molar-refractivity contribution is 6.25. The van der Waals surface area contributed by atoms with E-state index in [4.69, 9.17) is 0 Å². The zero-order chi connectivity index (χ0) is 22.2. The Kier molecular flexibility index (Phi) is 3.91. The van der Waals surface area contributed by atoms with Crippen molar-refractivity contribution in [1.29, 1.82) is 0 Å². The average molecular weight is 425 g/mol. The summed E-state index contributed by atoms with van der Waals surface area (Å²) in [6.07, 6.45) is 0.664. The first-order chi connectivity index (χ1) is 15.5. The molecule has 0 aromatic heterocycles. The molecule has 160 valence electrons. The molecule has 0 spiro atoms. The second-order valence-corrected chi connectivity index (χ2v) is 8.75. The number of amides is 2. The SMILES string of the molecule is CCC12c3ccccc3C(c3ccccc31)C1C(=O)N(c3ccccc3N([O-])O)C(=O)C12. The third-order valence-electron chi connectivity index (χ3n) is 7.68. The molecule has 6 nitrogen and oxygen atoms in total. The van der Waals surface area contributed by atoms with Gasteiger partial charge >= 0.3 is 0 Å². The molecule has 1 N–H and O–H groups in total. The van der Waals surface area contributed by atoms with Crippen LogP contribution in [0, 0.1) is 17.0 Å². The molecule has 2 unspecified atom stereocenters. The van der Waals surface area contributed by atoms with Gasteiger partial charge in [-0.25, -0.2) is 4.90 Å². The van der Waals surface area contributed by atoms with Crippen molar-refractivity contribution >= 4 is 23.2 Å². The van der Waals surface area contributed by atoms with Crippen LogP contribution in [0.5, 0.6) is 0 Å². The van der Waals surface area contributed by atoms with Crippen LogP contribution in [0.25, 0.3) is 0 Å². The van der Waals surface area contributed by atoms with Crippen LogP contribution in [0.3, 0.4) is 0 Å². The molecule has 2 amide bonds. The lowest BCUT2D eigenvalue weighted by Crippen LogP contribution is -2.53. The summed E-state index contributed by atoms with van der Waals surface area (Å²) in [5, 5.41) is 21.1. The Morgan fingerprint density at radius 2 is 1.47 bits per heavy atom. The fraction of sp³-hybridized carbons (Fsp3) is 0.231. The quantitative estimate of drug-likeness (QED) is 0.499. The van der Waals surface area contributed by atoms with Gasteiger partial charge in [0.1, 0.15) is 0 Å². The topological polar surface area (TPSA) is 83.9 Å². The standard InChI is InChI=1S/C26H21N2O4/c1-2-26-17-11-5-3-9-15(17)21(16-10-4-6-12-18(16)26)22-23(26)25(30)27(24(22)29)19-13-7-8-14-20(19)28(31)32/h3-14,21-23,31H,2H2,1H3/q-1. The smallest absolute Gasteiger partial charge is 0.239 e. The number of anilines is 2. The van der Waals surface area contributed by atoms with E-state index in [0.29, 0.717) is 6.42 Å². The Hall–Kier alpha value is -3.48. The molecule has 4 aliphatic rings. The molecule has 6 heteroatoms. The average Bonchev–Trinajstić information content (AvgIpc) is 3.09. The van der Waals surface area contributed by atoms with Crippen LogP contribution in [-0.2, 0) is 15.0 Å². The fourth-order valence-electron chi connectivity index (χ4n) is 6.58. The molecule has 3 aromatic carbocycles. The predicted molar refractivity (Wildman–Crippen MR) is 119 cm³/mol. The summed E-state index contributed by atoms with van der Waals surface area (Å²) in [5.74, 6) is -1.99. The van der Waals surface area contributed by atoms with Gasteiger partial charge in [-0.1, -0.05) is 67.6 Å². The minimum Gasteiger partial charge on any atom is -0.733 e. The van der Waals surface area contributed by atoms with Crippen molar-refractivity contribution < 1.29 is 14.8 Å². The molecule has 2 bridgehead atoms. The zero-order valence-electron chi connectivity index (χ0n) is 17.4. The maximum Gasteiger partial charge on any atom is 0.239 e. The van der Waals surface area contributed by atoms with Crippen molar-refractivity contribution in [3.8, 4) is 0 Å². The van der Waals surface area contributed by atoms with Crippen LogP contribution in [0.2, 0.25) is 0 Å². The van der Waals surface area contributed by atoms with Crippen LogP contribution in [0.15, 0.2) is 72.8 Å². The molecule has 2 atom stereocenters. The summed E-state index contributed by atoms with van der Waals surface area (Å²) >= 11 is 0. The van der Waals surface area contributed by atoms with E-state index >= 15 is 0 Å². The maximum absolute atomic E-state index is 14.0. The molecule has 3 aliphatic carbocycles. The molecule has 1 saturated heterocycles. The van der Waals surface area contributed by atoms with E-state index in [1.54, 1.807) is 12.1 Å². The Bertz CT molecular complexity index is 1240. The second kappa shape index (κ2) is 6.51. The Balaban J connectivity index is 1.63. The summed E-state index contributed by atoms with van der Waals surface area (Å²) < 4.78 is 0. The third kappa shape index (κ3) is 2.11. The first kappa shape index (κ1) is 19.2. The molecule has 32 heavy (non-hydrogen) atoms. The molecule has 1 heterocycles. The zero-order valence-corrected chi connectivity index (χ0v) is 17.4. The van der Waals surface area contributed by atoms with Crippen molar-refractivity contribution in [2.24, 2.45) is 11.8 Å². The van der Waals surface area contributed by atoms with Gasteiger partial charge in [-0.15, -0.1) is 0 Å². The highest BCUT2D eigenvalue weighted by atomic mass is 16.8. The molecule has 0 saturated carbocycles. The molecule has 1 fully saturated rings. The van der Waals surface area contributed by atoms with E-state index in [0.717, 1.165) is 27.2 Å². The van der Waals surface area contributed by atoms with Gasteiger partial charge in [0.25, 0.3) is 0 Å². The first-order valence-corrected chi connectivity index (χ1v) is 10.8. The van der Waals surface area contributed by atoms with Gasteiger partial charge in [-0.2, -0.15) is 0 Å². The van der Waals surface area contributed by atoms with Gasteiger partial charge < -0.3 is 10.4 Å². The van der Waals surface area contributed by atoms with Crippen LogP contribution in [0.4, 0.5) is 11.4 Å². The number of nitrogens with zero attached hydrogens (tertiary/aromatic N) is 2. The Morgan fingerprint density at radius 1 is 0.906 bits per heavy atom. The van der Waals surface area contributed by atoms with Crippen LogP contribution in [-0.4, -0.2) is 17.0 Å². The van der Waals surface area contributed by atoms with Gasteiger partial charge in [0, 0.05) is 11.3 Å². The first-order valence-electron chi connectivity index (χ1n) is 10.8. The highest BCUT2D eigenvalue weighted by Gasteiger charge is 2.67. The van der Waals surface area contributed by atoms with Gasteiger partial charge in [0.15, 0.2) is 0 Å². The van der Waals surface area contributed by atoms with Crippen molar-refractivity contribution in [2.75, 3.05) is 10.1 Å². The predicted octanol–water partition coefficient (Wildman–Crippen LogP) is 4.34. The lowest BCUT2D eigenvalue weighted by Gasteiger charge is -2.54. The summed E-state index contributed by atoms with van der Waals surface area (Å²) in [6.45, 7) is 2.07. The highest BCUT2D eigenvalue weighted by Crippen LogP contribution is 2.65. The Labute approximate surface area is 185 Å². The van der Waals surface area contributed by atoms with Gasteiger partial charge in [0.2, 0.25) is 11.8 Å². The van der Waals surface area contributed by atoms with E-state index in [-0.39, 0.29) is 34.3 Å².